The van der Waals surface area contributed by atoms with Gasteiger partial charge in [-0.3, -0.25) is 9.59 Å². The van der Waals surface area contributed by atoms with E-state index in [2.05, 4.69) is 4.90 Å². The number of carbonyl (C=O) groups excluding carboxylic acids is 2. The number of anilines is 2. The Morgan fingerprint density at radius 1 is 0.875 bits per heavy atom. The van der Waals surface area contributed by atoms with Gasteiger partial charge in [0.15, 0.2) is 0 Å². The normalized spacial score (nSPS) is 17.4. The molecular formula is C19H18N2O3. The molecule has 2 aromatic rings. The van der Waals surface area contributed by atoms with Crippen LogP contribution in [0.2, 0.25) is 0 Å². The number of carbonyl (C=O) groups is 2. The lowest BCUT2D eigenvalue weighted by molar-refractivity contribution is 0.0926. The maximum absolute atomic E-state index is 12.8. The molecule has 2 heterocycles. The maximum Gasteiger partial charge on any atom is 0.266 e. The number of nitrogens with zero attached hydrogens (tertiary/aromatic N) is 2. The van der Waals surface area contributed by atoms with E-state index < -0.39 is 0 Å². The number of amides is 2. The zero-order valence-corrected chi connectivity index (χ0v) is 13.5. The zero-order chi connectivity index (χ0) is 16.7. The second-order valence-corrected chi connectivity index (χ2v) is 6.08. The summed E-state index contributed by atoms with van der Waals surface area (Å²) >= 11 is 0. The van der Waals surface area contributed by atoms with Crippen molar-refractivity contribution in [1.82, 2.24) is 0 Å². The minimum Gasteiger partial charge on any atom is -0.378 e. The molecule has 2 aliphatic heterocycles. The van der Waals surface area contributed by atoms with Gasteiger partial charge < -0.3 is 9.64 Å². The van der Waals surface area contributed by atoms with E-state index in [0.717, 1.165) is 24.3 Å². The fourth-order valence-corrected chi connectivity index (χ4v) is 3.29. The van der Waals surface area contributed by atoms with Gasteiger partial charge in [0.05, 0.1) is 35.7 Å². The Morgan fingerprint density at radius 2 is 1.50 bits per heavy atom. The third-order valence-corrected chi connectivity index (χ3v) is 4.52. The monoisotopic (exact) mass is 322 g/mol. The van der Waals surface area contributed by atoms with Gasteiger partial charge in [0.2, 0.25) is 0 Å². The third-order valence-electron chi connectivity index (χ3n) is 4.52. The van der Waals surface area contributed by atoms with E-state index in [4.69, 9.17) is 4.74 Å². The average molecular weight is 322 g/mol. The largest absolute Gasteiger partial charge is 0.378 e. The van der Waals surface area contributed by atoms with Crippen LogP contribution in [0.3, 0.4) is 0 Å². The van der Waals surface area contributed by atoms with Crippen molar-refractivity contribution < 1.29 is 14.3 Å². The number of morpholine rings is 1. The molecule has 0 bridgehead atoms. The number of hydrogen-bond acceptors (Lipinski definition) is 4. The Bertz CT molecular complexity index is 790. The molecule has 0 aliphatic carbocycles. The summed E-state index contributed by atoms with van der Waals surface area (Å²) in [6, 6.07) is 12.9. The summed E-state index contributed by atoms with van der Waals surface area (Å²) in [4.78, 5) is 29.1. The minimum absolute atomic E-state index is 0.254. The number of hydrogen-bond donors (Lipinski definition) is 0. The lowest BCUT2D eigenvalue weighted by Crippen LogP contribution is -2.38. The molecule has 4 rings (SSSR count). The summed E-state index contributed by atoms with van der Waals surface area (Å²) in [5, 5.41) is 0. The van der Waals surface area contributed by atoms with Gasteiger partial charge >= 0.3 is 0 Å². The standard InChI is InChI=1S/C19H18N2O3/c1-13-6-7-16(20-8-10-24-11-9-20)17(12-13)21-18(22)14-4-2-3-5-15(14)19(21)23/h2-7,12H,8-11H2,1H3. The van der Waals surface area contributed by atoms with Crippen LogP contribution in [0.25, 0.3) is 0 Å². The van der Waals surface area contributed by atoms with Gasteiger partial charge in [-0.1, -0.05) is 18.2 Å². The van der Waals surface area contributed by atoms with Gasteiger partial charge in [-0.2, -0.15) is 0 Å². The molecule has 0 atom stereocenters. The second kappa shape index (κ2) is 5.76. The van der Waals surface area contributed by atoms with E-state index in [1.807, 2.05) is 25.1 Å². The molecule has 1 fully saturated rings. The van der Waals surface area contributed by atoms with E-state index in [1.165, 1.54) is 4.90 Å². The predicted octanol–water partition coefficient (Wildman–Crippen LogP) is 2.63. The highest BCUT2D eigenvalue weighted by Gasteiger charge is 2.38. The SMILES string of the molecule is Cc1ccc(N2CCOCC2)c(N2C(=O)c3ccccc3C2=O)c1. The topological polar surface area (TPSA) is 49.9 Å². The van der Waals surface area contributed by atoms with Crippen LogP contribution < -0.4 is 9.80 Å². The van der Waals surface area contributed by atoms with E-state index in [0.29, 0.717) is 30.0 Å². The molecule has 0 radical (unpaired) electrons. The highest BCUT2D eigenvalue weighted by atomic mass is 16.5. The van der Waals surface area contributed by atoms with Crippen molar-refractivity contribution in [2.45, 2.75) is 6.92 Å². The van der Waals surface area contributed by atoms with E-state index in [-0.39, 0.29) is 11.8 Å². The summed E-state index contributed by atoms with van der Waals surface area (Å²) < 4.78 is 5.41. The second-order valence-electron chi connectivity index (χ2n) is 6.08. The van der Waals surface area contributed by atoms with Crippen LogP contribution >= 0.6 is 0 Å². The molecule has 2 amide bonds. The van der Waals surface area contributed by atoms with Crippen LogP contribution in [0.5, 0.6) is 0 Å². The molecule has 0 aromatic heterocycles. The Morgan fingerprint density at radius 3 is 2.12 bits per heavy atom. The van der Waals surface area contributed by atoms with Gasteiger partial charge in [-0.25, -0.2) is 4.90 Å². The number of aryl methyl sites for hydroxylation is 1. The first kappa shape index (κ1) is 14.9. The summed E-state index contributed by atoms with van der Waals surface area (Å²) in [6.07, 6.45) is 0. The Labute approximate surface area is 140 Å². The van der Waals surface area contributed by atoms with Crippen molar-refractivity contribution in [3.8, 4) is 0 Å². The lowest BCUT2D eigenvalue weighted by Gasteiger charge is -2.32. The molecule has 24 heavy (non-hydrogen) atoms. The van der Waals surface area contributed by atoms with Crippen molar-refractivity contribution in [2.24, 2.45) is 0 Å². The lowest BCUT2D eigenvalue weighted by atomic mass is 10.1. The van der Waals surface area contributed by atoms with E-state index in [1.54, 1.807) is 24.3 Å². The summed E-state index contributed by atoms with van der Waals surface area (Å²) in [6.45, 7) is 4.76. The highest BCUT2D eigenvalue weighted by Crippen LogP contribution is 2.36. The molecule has 1 saturated heterocycles. The van der Waals surface area contributed by atoms with Crippen LogP contribution in [-0.2, 0) is 4.74 Å². The average Bonchev–Trinajstić information content (AvgIpc) is 2.87. The molecule has 0 saturated carbocycles. The van der Waals surface area contributed by atoms with Gasteiger partial charge in [-0.15, -0.1) is 0 Å². The Hall–Kier alpha value is -2.66. The number of rotatable bonds is 2. The summed E-state index contributed by atoms with van der Waals surface area (Å²) in [7, 11) is 0. The number of imide groups is 1. The quantitative estimate of drug-likeness (QED) is 0.798. The van der Waals surface area contributed by atoms with Crippen molar-refractivity contribution in [2.75, 3.05) is 36.1 Å². The molecule has 5 heteroatoms. The molecule has 2 aliphatic rings. The van der Waals surface area contributed by atoms with Gasteiger partial charge in [-0.05, 0) is 36.8 Å². The Kier molecular flexibility index (Phi) is 3.58. The fourth-order valence-electron chi connectivity index (χ4n) is 3.29. The predicted molar refractivity (Wildman–Crippen MR) is 91.8 cm³/mol. The molecule has 5 nitrogen and oxygen atoms in total. The molecule has 0 N–H and O–H groups in total. The van der Waals surface area contributed by atoms with E-state index in [9.17, 15) is 9.59 Å². The first-order chi connectivity index (χ1) is 11.7. The first-order valence-corrected chi connectivity index (χ1v) is 8.08. The van der Waals surface area contributed by atoms with E-state index >= 15 is 0 Å². The third kappa shape index (κ3) is 2.29. The summed E-state index contributed by atoms with van der Waals surface area (Å²) in [5.74, 6) is -0.508. The van der Waals surface area contributed by atoms with Crippen molar-refractivity contribution in [1.29, 1.82) is 0 Å². The van der Waals surface area contributed by atoms with Crippen LogP contribution in [0, 0.1) is 6.92 Å². The molecular weight excluding hydrogens is 304 g/mol. The van der Waals surface area contributed by atoms with Crippen molar-refractivity contribution in [3.63, 3.8) is 0 Å². The van der Waals surface area contributed by atoms with Crippen LogP contribution in [0.1, 0.15) is 26.3 Å². The maximum atomic E-state index is 12.8. The minimum atomic E-state index is -0.254. The number of benzene rings is 2. The van der Waals surface area contributed by atoms with Crippen LogP contribution in [0.15, 0.2) is 42.5 Å². The first-order valence-electron chi connectivity index (χ1n) is 8.08. The van der Waals surface area contributed by atoms with Crippen LogP contribution in [-0.4, -0.2) is 38.1 Å². The van der Waals surface area contributed by atoms with Crippen LogP contribution in [0.4, 0.5) is 11.4 Å². The zero-order valence-electron chi connectivity index (χ0n) is 13.5. The molecule has 0 spiro atoms. The smallest absolute Gasteiger partial charge is 0.266 e. The van der Waals surface area contributed by atoms with Gasteiger partial charge in [0.25, 0.3) is 11.8 Å². The van der Waals surface area contributed by atoms with Crippen molar-refractivity contribution in [3.05, 3.63) is 59.2 Å². The molecule has 122 valence electrons. The fraction of sp³-hybridized carbons (Fsp3) is 0.263. The van der Waals surface area contributed by atoms with Gasteiger partial charge in [0, 0.05) is 13.1 Å². The number of fused-ring (bicyclic) bond motifs is 1. The summed E-state index contributed by atoms with van der Waals surface area (Å²) in [5.41, 5.74) is 3.51. The Balaban J connectivity index is 1.81. The van der Waals surface area contributed by atoms with Crippen molar-refractivity contribution >= 4 is 23.2 Å². The van der Waals surface area contributed by atoms with Gasteiger partial charge in [0.1, 0.15) is 0 Å². The number of ether oxygens (including phenoxy) is 1. The molecule has 0 unspecified atom stereocenters. The highest BCUT2D eigenvalue weighted by molar-refractivity contribution is 6.35. The molecule has 2 aromatic carbocycles.